The lowest BCUT2D eigenvalue weighted by Gasteiger charge is -2.11. The van der Waals surface area contributed by atoms with E-state index in [2.05, 4.69) is 23.6 Å². The largest absolute Gasteiger partial charge is 0.573 e. The summed E-state index contributed by atoms with van der Waals surface area (Å²) in [5, 5.41) is 2.85. The Bertz CT molecular complexity index is 1350. The van der Waals surface area contributed by atoms with Gasteiger partial charge in [-0.05, 0) is 66.3 Å². The van der Waals surface area contributed by atoms with Crippen molar-refractivity contribution in [1.82, 2.24) is 4.57 Å². The Balaban J connectivity index is 1.74. The van der Waals surface area contributed by atoms with E-state index in [9.17, 15) is 22.8 Å². The molecular weight excluding hydrogens is 509 g/mol. The maximum absolute atomic E-state index is 12.6. The molecule has 1 aromatic heterocycles. The minimum absolute atomic E-state index is 0.0475. The third-order valence-corrected chi connectivity index (χ3v) is 6.86. The molecule has 36 heavy (non-hydrogen) atoms. The minimum atomic E-state index is -4.84. The van der Waals surface area contributed by atoms with Crippen molar-refractivity contribution in [2.45, 2.75) is 38.1 Å². The second-order valence-corrected chi connectivity index (χ2v) is 9.93. The predicted octanol–water partition coefficient (Wildman–Crippen LogP) is 6.91. The first-order valence-corrected chi connectivity index (χ1v) is 12.8. The maximum atomic E-state index is 12.6. The van der Waals surface area contributed by atoms with Crippen LogP contribution in [0.3, 0.4) is 0 Å². The van der Waals surface area contributed by atoms with Crippen molar-refractivity contribution < 1.29 is 22.7 Å². The van der Waals surface area contributed by atoms with Crippen LogP contribution in [0.15, 0.2) is 88.3 Å². The van der Waals surface area contributed by atoms with Gasteiger partial charge in [-0.3, -0.25) is 14.2 Å². The van der Waals surface area contributed by atoms with Crippen LogP contribution in [0.1, 0.15) is 19.4 Å². The molecule has 0 bridgehead atoms. The lowest BCUT2D eigenvalue weighted by atomic mass is 10.1. The van der Waals surface area contributed by atoms with Gasteiger partial charge >= 0.3 is 11.2 Å². The van der Waals surface area contributed by atoms with E-state index in [-0.39, 0.29) is 23.7 Å². The van der Waals surface area contributed by atoms with Crippen LogP contribution < -0.4 is 10.2 Å². The highest BCUT2D eigenvalue weighted by Crippen LogP contribution is 2.25. The second kappa shape index (κ2) is 12.1. The monoisotopic (exact) mass is 534 g/mol. The Kier molecular flexibility index (Phi) is 9.22. The van der Waals surface area contributed by atoms with E-state index in [0.717, 1.165) is 33.6 Å². The molecule has 0 aliphatic carbocycles. The Morgan fingerprint density at radius 3 is 2.56 bits per heavy atom. The number of hydrogen-bond donors (Lipinski definition) is 1. The third kappa shape index (κ3) is 7.63. The van der Waals surface area contributed by atoms with Crippen molar-refractivity contribution in [2.24, 2.45) is 0 Å². The Hall–Kier alpha value is -3.24. The summed E-state index contributed by atoms with van der Waals surface area (Å²) in [6.07, 6.45) is -0.878. The third-order valence-electron chi connectivity index (χ3n) is 5.02. The molecule has 3 aromatic rings. The molecule has 3 rings (SSSR count). The maximum Gasteiger partial charge on any atom is 0.573 e. The highest BCUT2D eigenvalue weighted by Gasteiger charge is 2.31. The summed E-state index contributed by atoms with van der Waals surface area (Å²) >= 11 is 2.72. The molecule has 0 fully saturated rings. The van der Waals surface area contributed by atoms with Gasteiger partial charge in [-0.15, -0.1) is 24.9 Å². The van der Waals surface area contributed by atoms with Crippen LogP contribution in [-0.4, -0.2) is 22.6 Å². The predicted molar refractivity (Wildman–Crippen MR) is 140 cm³/mol. The fourth-order valence-corrected chi connectivity index (χ4v) is 5.00. The number of aromatic nitrogens is 1. The summed E-state index contributed by atoms with van der Waals surface area (Å²) in [5.41, 5.74) is 2.50. The summed E-state index contributed by atoms with van der Waals surface area (Å²) in [4.78, 5) is 26.0. The molecule has 0 aliphatic rings. The number of carbonyl (C=O) groups excluding carboxylic acids is 1. The van der Waals surface area contributed by atoms with Gasteiger partial charge < -0.3 is 10.1 Å². The number of amides is 1. The van der Waals surface area contributed by atoms with E-state index >= 15 is 0 Å². The van der Waals surface area contributed by atoms with Crippen molar-refractivity contribution in [3.8, 4) is 0 Å². The SMILES string of the molecule is C=C/C(=C\C(=C/C)Cn1c(=O)sc2cc(NC(=O)Cc3ccc(SCC)cc3)ccc21)OC(F)(F)F. The van der Waals surface area contributed by atoms with Crippen LogP contribution in [0, 0.1) is 0 Å². The molecular formula is C26H25F3N2O3S2. The average Bonchev–Trinajstić information content (AvgIpc) is 3.12. The Morgan fingerprint density at radius 2 is 1.94 bits per heavy atom. The number of halogens is 3. The number of carbonyl (C=O) groups is 1. The van der Waals surface area contributed by atoms with Crippen molar-refractivity contribution in [3.63, 3.8) is 0 Å². The molecule has 0 spiro atoms. The van der Waals surface area contributed by atoms with Gasteiger partial charge in [0.2, 0.25) is 5.91 Å². The lowest BCUT2D eigenvalue weighted by Crippen LogP contribution is -2.15. The van der Waals surface area contributed by atoms with Gasteiger partial charge in [-0.1, -0.05) is 43.0 Å². The number of rotatable bonds is 10. The first kappa shape index (κ1) is 27.3. The first-order chi connectivity index (χ1) is 17.1. The molecule has 1 heterocycles. The molecule has 10 heteroatoms. The molecule has 190 valence electrons. The Morgan fingerprint density at radius 1 is 1.22 bits per heavy atom. The summed E-state index contributed by atoms with van der Waals surface area (Å²) in [6, 6.07) is 12.9. The normalized spacial score (nSPS) is 12.6. The zero-order valence-corrected chi connectivity index (χ0v) is 21.4. The molecule has 2 aromatic carbocycles. The van der Waals surface area contributed by atoms with E-state index < -0.39 is 12.1 Å². The number of hydrogen-bond acceptors (Lipinski definition) is 5. The van der Waals surface area contributed by atoms with Crippen LogP contribution in [-0.2, 0) is 22.5 Å². The number of nitrogens with zero attached hydrogens (tertiary/aromatic N) is 1. The summed E-state index contributed by atoms with van der Waals surface area (Å²) in [6.45, 7) is 7.13. The van der Waals surface area contributed by atoms with Crippen molar-refractivity contribution in [1.29, 1.82) is 0 Å². The number of thiazole rings is 1. The van der Waals surface area contributed by atoms with Crippen LogP contribution in [0.2, 0.25) is 0 Å². The quantitative estimate of drug-likeness (QED) is 0.174. The van der Waals surface area contributed by atoms with Crippen LogP contribution in [0.5, 0.6) is 0 Å². The van der Waals surface area contributed by atoms with Crippen LogP contribution in [0.25, 0.3) is 10.2 Å². The fraction of sp³-hybridized carbons (Fsp3) is 0.231. The van der Waals surface area contributed by atoms with Gasteiger partial charge in [0.25, 0.3) is 0 Å². The number of allylic oxidation sites excluding steroid dienone is 4. The summed E-state index contributed by atoms with van der Waals surface area (Å²) in [5.74, 6) is 0.331. The molecule has 0 radical (unpaired) electrons. The molecule has 0 saturated carbocycles. The topological polar surface area (TPSA) is 60.3 Å². The fourth-order valence-electron chi connectivity index (χ4n) is 3.40. The number of thioether (sulfide) groups is 1. The highest BCUT2D eigenvalue weighted by molar-refractivity contribution is 7.99. The summed E-state index contributed by atoms with van der Waals surface area (Å²) < 4.78 is 43.8. The number of benzene rings is 2. The summed E-state index contributed by atoms with van der Waals surface area (Å²) in [7, 11) is 0. The van der Waals surface area contributed by atoms with Gasteiger partial charge in [-0.25, -0.2) is 0 Å². The number of fused-ring (bicyclic) bond motifs is 1. The molecule has 1 N–H and O–H groups in total. The van der Waals surface area contributed by atoms with E-state index in [1.54, 1.807) is 43.0 Å². The molecule has 0 atom stereocenters. The highest BCUT2D eigenvalue weighted by atomic mass is 32.2. The molecule has 5 nitrogen and oxygen atoms in total. The number of anilines is 1. The minimum Gasteiger partial charge on any atom is -0.406 e. The van der Waals surface area contributed by atoms with E-state index in [0.29, 0.717) is 21.5 Å². The van der Waals surface area contributed by atoms with E-state index in [1.807, 2.05) is 24.3 Å². The van der Waals surface area contributed by atoms with Crippen LogP contribution in [0.4, 0.5) is 18.9 Å². The first-order valence-electron chi connectivity index (χ1n) is 11.0. The molecule has 0 saturated heterocycles. The van der Waals surface area contributed by atoms with Gasteiger partial charge in [0.1, 0.15) is 5.76 Å². The zero-order valence-electron chi connectivity index (χ0n) is 19.7. The van der Waals surface area contributed by atoms with Gasteiger partial charge in [0.15, 0.2) is 0 Å². The molecule has 0 unspecified atom stereocenters. The lowest BCUT2D eigenvalue weighted by molar-refractivity contribution is -0.303. The number of nitrogens with one attached hydrogen (secondary N) is 1. The second-order valence-electron chi connectivity index (χ2n) is 7.60. The van der Waals surface area contributed by atoms with Crippen molar-refractivity contribution in [3.05, 3.63) is 93.8 Å². The smallest absolute Gasteiger partial charge is 0.406 e. The number of ether oxygens (including phenoxy) is 1. The van der Waals surface area contributed by atoms with Crippen molar-refractivity contribution in [2.75, 3.05) is 11.1 Å². The zero-order chi connectivity index (χ0) is 26.3. The molecule has 0 aliphatic heterocycles. The molecule has 1 amide bonds. The number of alkyl halides is 3. The van der Waals surface area contributed by atoms with E-state index in [1.165, 1.54) is 10.6 Å². The Labute approximate surface area is 215 Å². The average molecular weight is 535 g/mol. The van der Waals surface area contributed by atoms with Crippen molar-refractivity contribution >= 4 is 44.9 Å². The van der Waals surface area contributed by atoms with Gasteiger partial charge in [0.05, 0.1) is 23.2 Å². The van der Waals surface area contributed by atoms with E-state index in [4.69, 9.17) is 0 Å². The standard InChI is InChI=1S/C26H25F3N2O3S2/c1-4-17(13-20(5-2)34-26(27,28)29)16-31-22-12-9-19(15-23(22)36-25(31)33)30-24(32)14-18-7-10-21(11-8-18)35-6-3/h4-5,7-13,15H,2,6,14,16H2,1,3H3,(H,30,32)/b17-4+,20-13+. The van der Waals surface area contributed by atoms with Gasteiger partial charge in [-0.2, -0.15) is 0 Å². The van der Waals surface area contributed by atoms with Crippen LogP contribution >= 0.6 is 23.1 Å². The van der Waals surface area contributed by atoms with Gasteiger partial charge in [0, 0.05) is 10.6 Å².